The summed E-state index contributed by atoms with van der Waals surface area (Å²) in [6, 6.07) is 34.4. The summed E-state index contributed by atoms with van der Waals surface area (Å²) in [6.45, 7) is 0.976. The third-order valence-corrected chi connectivity index (χ3v) is 15.2. The molecule has 28 nitrogen and oxygen atoms in total. The zero-order valence-electron chi connectivity index (χ0n) is 48.3. The van der Waals surface area contributed by atoms with Gasteiger partial charge < -0.3 is 18.9 Å². The zero-order valence-corrected chi connectivity index (χ0v) is 48.3. The lowest BCUT2D eigenvalue weighted by Gasteiger charge is -2.34. The van der Waals surface area contributed by atoms with Crippen molar-refractivity contribution in [1.82, 2.24) is 117 Å². The first-order valence-corrected chi connectivity index (χ1v) is 28.6. The van der Waals surface area contributed by atoms with Crippen LogP contribution in [-0.2, 0) is 68.5 Å². The van der Waals surface area contributed by atoms with E-state index in [4.69, 9.17) is 18.9 Å². The molecule has 0 amide bonds. The molecule has 0 bridgehead atoms. The lowest BCUT2D eigenvalue weighted by molar-refractivity contribution is -0.0190. The smallest absolute Gasteiger partial charge is 0.273 e. The van der Waals surface area contributed by atoms with Crippen LogP contribution >= 0.6 is 0 Å². The summed E-state index contributed by atoms with van der Waals surface area (Å²) in [7, 11) is 0. The van der Waals surface area contributed by atoms with Gasteiger partial charge in [-0.05, 0) is 119 Å². The Morgan fingerprint density at radius 2 is 0.389 bits per heavy atom. The van der Waals surface area contributed by atoms with E-state index in [2.05, 4.69) is 85.2 Å². The van der Waals surface area contributed by atoms with E-state index < -0.39 is 23.1 Å². The van der Waals surface area contributed by atoms with Gasteiger partial charge in [0.1, 0.15) is 26.4 Å². The maximum absolute atomic E-state index is 6.76. The van der Waals surface area contributed by atoms with Crippen LogP contribution in [0.25, 0.3) is 0 Å². The second kappa shape index (κ2) is 25.0. The molecule has 0 unspecified atom stereocenters. The Kier molecular flexibility index (Phi) is 15.6. The predicted molar refractivity (Wildman–Crippen MR) is 319 cm³/mol. The summed E-state index contributed by atoms with van der Waals surface area (Å²) in [5.41, 5.74) is 4.72. The Labute approximate surface area is 513 Å². The van der Waals surface area contributed by atoms with E-state index >= 15 is 0 Å². The Morgan fingerprint density at radius 1 is 0.233 bits per heavy atom. The molecule has 0 aliphatic carbocycles. The molecule has 28 heteroatoms. The van der Waals surface area contributed by atoms with Gasteiger partial charge in [0.2, 0.25) is 0 Å². The molecule has 450 valence electrons. The van der Waals surface area contributed by atoms with Gasteiger partial charge in [-0.1, -0.05) is 24.0 Å². The maximum Gasteiger partial charge on any atom is 0.273 e. The molecule has 0 aliphatic rings. The van der Waals surface area contributed by atoms with Crippen molar-refractivity contribution >= 4 is 0 Å². The lowest BCUT2D eigenvalue weighted by Crippen LogP contribution is -2.52. The quantitative estimate of drug-likeness (QED) is 0.0576. The molecule has 0 N–H and O–H groups in total. The van der Waals surface area contributed by atoms with Crippen LogP contribution in [0.15, 0.2) is 258 Å². The number of benzene rings is 2. The van der Waals surface area contributed by atoms with Crippen LogP contribution in [0.2, 0.25) is 0 Å². The fourth-order valence-electron chi connectivity index (χ4n) is 11.2. The van der Waals surface area contributed by atoms with Crippen LogP contribution in [0.5, 0.6) is 0 Å². The van der Waals surface area contributed by atoms with Gasteiger partial charge in [-0.25, -0.2) is 56.2 Å². The van der Waals surface area contributed by atoms with E-state index in [0.717, 1.165) is 22.3 Å². The van der Waals surface area contributed by atoms with Gasteiger partial charge in [-0.15, -0.1) is 0 Å². The Bertz CT molecular complexity index is 3540. The van der Waals surface area contributed by atoms with Crippen LogP contribution in [-0.4, -0.2) is 144 Å². The predicted octanol–water partition coefficient (Wildman–Crippen LogP) is 5.14. The third-order valence-electron chi connectivity index (χ3n) is 15.2. The van der Waals surface area contributed by atoms with Gasteiger partial charge in [0, 0.05) is 160 Å². The normalized spacial score (nSPS) is 12.2. The molecule has 0 fully saturated rings. The molecule has 2 aromatic carbocycles. The Morgan fingerprint density at radius 3 is 0.522 bits per heavy atom. The molecule has 0 aliphatic heterocycles. The van der Waals surface area contributed by atoms with Gasteiger partial charge in [0.25, 0.3) is 23.1 Å². The largest absolute Gasteiger partial charge is 0.370 e. The number of hydrogen-bond donors (Lipinski definition) is 0. The maximum atomic E-state index is 6.76. The van der Waals surface area contributed by atoms with Gasteiger partial charge in [0.05, 0.1) is 26.4 Å². The van der Waals surface area contributed by atoms with E-state index in [1.807, 2.05) is 171 Å². The summed E-state index contributed by atoms with van der Waals surface area (Å²) >= 11 is 0. The fraction of sp³-hybridized carbons (Fsp3) is 0.194. The average molecular weight is 1200 g/mol. The van der Waals surface area contributed by atoms with Crippen LogP contribution < -0.4 is 0 Å². The minimum absolute atomic E-state index is 0.0829. The monoisotopic (exact) mass is 1200 g/mol. The molecule has 0 spiro atoms. The van der Waals surface area contributed by atoms with E-state index in [0.29, 0.717) is 11.1 Å². The summed E-state index contributed by atoms with van der Waals surface area (Å²) in [5.74, 6) is 2.49. The van der Waals surface area contributed by atoms with Crippen molar-refractivity contribution in [1.29, 1.82) is 0 Å². The van der Waals surface area contributed by atoms with E-state index in [1.54, 1.807) is 131 Å². The second-order valence-corrected chi connectivity index (χ2v) is 20.8. The number of rotatable bonds is 28. The Balaban J connectivity index is 0.810. The molecular weight excluding hydrogens is 1140 g/mol. The summed E-state index contributed by atoms with van der Waals surface area (Å²) in [5, 5.41) is 56.1. The van der Waals surface area contributed by atoms with Crippen molar-refractivity contribution < 1.29 is 18.9 Å². The highest BCUT2D eigenvalue weighted by atomic mass is 16.5. The van der Waals surface area contributed by atoms with Crippen molar-refractivity contribution in [2.75, 3.05) is 26.4 Å². The van der Waals surface area contributed by atoms with Gasteiger partial charge in [0.15, 0.2) is 0 Å². The average Bonchev–Trinajstić information content (AvgIpc) is 1.60. The van der Waals surface area contributed by atoms with Crippen LogP contribution in [0.3, 0.4) is 0 Å². The molecular formula is C62H58N24O4. The summed E-state index contributed by atoms with van der Waals surface area (Å²) in [6.07, 6.45) is 42.9. The summed E-state index contributed by atoms with van der Waals surface area (Å²) < 4.78 is 48.4. The lowest BCUT2D eigenvalue weighted by atomic mass is 10.0. The van der Waals surface area contributed by atoms with E-state index in [-0.39, 0.29) is 52.9 Å². The first-order chi connectivity index (χ1) is 44.5. The first-order valence-electron chi connectivity index (χ1n) is 28.6. The standard InChI is InChI=1S/C62H58N24O4/c1-15-63-75(27-1)59(76-28-2-16-64-76,77-29-3-17-65-77)49-87-45-55-39-53(40-56(43-55)46-88-50-60(78-30-4-18-66-78,79-31-5-19-67-79)80-32-6-20-68-80)13-14-54-41-57(47-89-51-61(81-33-7-21-69-81,82-34-8-22-70-82)83-35-9-23-71-83)44-58(42-54)48-90-52-62(84-36-10-24-72-84,85-37-11-25-73-85)86-38-12-26-74-86/h1-12,15-44H,45-52H2. The molecule has 90 heavy (non-hydrogen) atoms. The molecule has 12 aromatic heterocycles. The molecule has 0 radical (unpaired) electrons. The molecule has 14 aromatic rings. The highest BCUT2D eigenvalue weighted by Gasteiger charge is 2.43. The third kappa shape index (κ3) is 10.7. The minimum Gasteiger partial charge on any atom is -0.370 e. The van der Waals surface area contributed by atoms with Gasteiger partial charge in [-0.3, -0.25) is 0 Å². The molecule has 0 saturated carbocycles. The number of nitrogens with zero attached hydrogens (tertiary/aromatic N) is 24. The first kappa shape index (κ1) is 56.2. The number of hydrogen-bond acceptors (Lipinski definition) is 16. The zero-order chi connectivity index (χ0) is 60.5. The SMILES string of the molecule is C(#Cc1cc(COCC(n2cccn2)(n2cccn2)n2cccn2)cc(COCC(n2cccn2)(n2cccn2)n2cccn2)c1)c1cc(COCC(n2cccn2)(n2cccn2)n2cccn2)cc(COCC(n2cccn2)(n2cccn2)n2cccn2)c1. The minimum atomic E-state index is -1.14. The second-order valence-electron chi connectivity index (χ2n) is 20.8. The van der Waals surface area contributed by atoms with Crippen LogP contribution in [0.4, 0.5) is 0 Å². The van der Waals surface area contributed by atoms with Crippen molar-refractivity contribution in [3.63, 3.8) is 0 Å². The van der Waals surface area contributed by atoms with Crippen molar-refractivity contribution in [2.45, 2.75) is 49.6 Å². The van der Waals surface area contributed by atoms with Crippen molar-refractivity contribution in [3.8, 4) is 11.8 Å². The van der Waals surface area contributed by atoms with Crippen molar-refractivity contribution in [3.05, 3.63) is 291 Å². The summed E-state index contributed by atoms with van der Waals surface area (Å²) in [4.78, 5) is 0. The van der Waals surface area contributed by atoms with Gasteiger partial charge in [-0.2, -0.15) is 61.2 Å². The number of ether oxygens (including phenoxy) is 4. The molecule has 0 saturated heterocycles. The molecule has 14 rings (SSSR count). The highest BCUT2D eigenvalue weighted by Crippen LogP contribution is 2.28. The van der Waals surface area contributed by atoms with Crippen LogP contribution in [0.1, 0.15) is 33.4 Å². The number of aromatic nitrogens is 24. The van der Waals surface area contributed by atoms with E-state index in [1.165, 1.54) is 0 Å². The fourth-order valence-corrected chi connectivity index (χ4v) is 11.2. The van der Waals surface area contributed by atoms with Crippen LogP contribution in [0, 0.1) is 11.8 Å². The topological polar surface area (TPSA) is 251 Å². The van der Waals surface area contributed by atoms with Crippen molar-refractivity contribution in [2.24, 2.45) is 0 Å². The Hall–Kier alpha value is -11.6. The molecule has 0 atom stereocenters. The molecule has 12 heterocycles. The van der Waals surface area contributed by atoms with Gasteiger partial charge >= 0.3 is 0 Å². The van der Waals surface area contributed by atoms with E-state index in [9.17, 15) is 0 Å². The highest BCUT2D eigenvalue weighted by molar-refractivity contribution is 5.47.